The zero-order chi connectivity index (χ0) is 20.4. The van der Waals surface area contributed by atoms with Crippen molar-refractivity contribution in [2.75, 3.05) is 12.4 Å². The van der Waals surface area contributed by atoms with Crippen molar-refractivity contribution >= 4 is 39.0 Å². The highest BCUT2D eigenvalue weighted by Crippen LogP contribution is 2.30. The Balaban J connectivity index is 1.72. The van der Waals surface area contributed by atoms with Gasteiger partial charge in [0.1, 0.15) is 11.6 Å². The molecule has 0 aliphatic carbocycles. The van der Waals surface area contributed by atoms with Gasteiger partial charge >= 0.3 is 0 Å². The molecule has 2 aromatic heterocycles. The van der Waals surface area contributed by atoms with Crippen molar-refractivity contribution in [3.05, 3.63) is 64.5 Å². The van der Waals surface area contributed by atoms with Crippen LogP contribution in [0, 0.1) is 0 Å². The number of hydrogen-bond donors (Lipinski definition) is 1. The fourth-order valence-corrected chi connectivity index (χ4v) is 3.87. The molecule has 0 saturated carbocycles. The van der Waals surface area contributed by atoms with Gasteiger partial charge in [-0.15, -0.1) is 11.3 Å². The monoisotopic (exact) mass is 468 g/mol. The minimum atomic E-state index is -0.166. The average Bonchev–Trinajstić information content (AvgIpc) is 3.35. The first kappa shape index (κ1) is 19.4. The zero-order valence-corrected chi connectivity index (χ0v) is 18.1. The lowest BCUT2D eigenvalue weighted by Crippen LogP contribution is -2.10. The van der Waals surface area contributed by atoms with Crippen LogP contribution in [0.5, 0.6) is 5.75 Å². The SMILES string of the molecule is COc1ccc(-c2csc(-n3nc(-c4ccc(Br)cc4)cc3NC(C)=O)n2)cc1. The first-order valence-electron chi connectivity index (χ1n) is 8.77. The summed E-state index contributed by atoms with van der Waals surface area (Å²) in [6.45, 7) is 1.47. The Kier molecular flexibility index (Phi) is 5.46. The second kappa shape index (κ2) is 8.18. The van der Waals surface area contributed by atoms with E-state index in [4.69, 9.17) is 9.72 Å². The fourth-order valence-electron chi connectivity index (χ4n) is 2.81. The van der Waals surface area contributed by atoms with Crippen LogP contribution in [-0.2, 0) is 4.79 Å². The number of thiazole rings is 1. The topological polar surface area (TPSA) is 69.0 Å². The summed E-state index contributed by atoms with van der Waals surface area (Å²) in [6, 6.07) is 17.4. The molecular weight excluding hydrogens is 452 g/mol. The molecule has 1 N–H and O–H groups in total. The Bertz CT molecular complexity index is 1150. The summed E-state index contributed by atoms with van der Waals surface area (Å²) in [7, 11) is 1.64. The van der Waals surface area contributed by atoms with Crippen LogP contribution in [0.3, 0.4) is 0 Å². The molecule has 8 heteroatoms. The molecule has 1 amide bonds. The van der Waals surface area contributed by atoms with E-state index in [9.17, 15) is 4.79 Å². The molecule has 0 atom stereocenters. The maximum absolute atomic E-state index is 11.7. The van der Waals surface area contributed by atoms with Gasteiger partial charge in [-0.1, -0.05) is 28.1 Å². The van der Waals surface area contributed by atoms with E-state index in [1.165, 1.54) is 18.3 Å². The van der Waals surface area contributed by atoms with E-state index in [1.54, 1.807) is 11.8 Å². The number of aromatic nitrogens is 3. The molecule has 146 valence electrons. The van der Waals surface area contributed by atoms with Gasteiger partial charge in [0.05, 0.1) is 18.5 Å². The van der Waals surface area contributed by atoms with Crippen LogP contribution in [-0.4, -0.2) is 27.8 Å². The molecular formula is C21H17BrN4O2S. The molecule has 0 spiro atoms. The number of halogens is 1. The maximum Gasteiger partial charge on any atom is 0.222 e. The molecule has 6 nitrogen and oxygen atoms in total. The summed E-state index contributed by atoms with van der Waals surface area (Å²) in [4.78, 5) is 16.4. The lowest BCUT2D eigenvalue weighted by atomic mass is 10.1. The smallest absolute Gasteiger partial charge is 0.222 e. The number of nitrogens with one attached hydrogen (secondary N) is 1. The molecule has 0 aliphatic rings. The van der Waals surface area contributed by atoms with Crippen LogP contribution >= 0.6 is 27.3 Å². The molecule has 4 rings (SSSR count). The van der Waals surface area contributed by atoms with E-state index in [0.717, 1.165) is 32.7 Å². The number of ether oxygens (including phenoxy) is 1. The maximum atomic E-state index is 11.7. The number of hydrogen-bond acceptors (Lipinski definition) is 5. The minimum absolute atomic E-state index is 0.166. The fraction of sp³-hybridized carbons (Fsp3) is 0.0952. The molecule has 2 aromatic carbocycles. The largest absolute Gasteiger partial charge is 0.497 e. The first-order valence-corrected chi connectivity index (χ1v) is 10.4. The van der Waals surface area contributed by atoms with Gasteiger partial charge in [-0.3, -0.25) is 4.79 Å². The quantitative estimate of drug-likeness (QED) is 0.426. The normalized spacial score (nSPS) is 10.7. The third-order valence-corrected chi connectivity index (χ3v) is 5.56. The Hall–Kier alpha value is -2.97. The van der Waals surface area contributed by atoms with E-state index in [-0.39, 0.29) is 5.91 Å². The standard InChI is InChI=1S/C21H17BrN4O2S/c1-13(27)23-20-11-18(14-3-7-16(22)8-4-14)25-26(20)21-24-19(12-29-21)15-5-9-17(28-2)10-6-15/h3-12H,1-2H3,(H,23,27). The molecule has 0 unspecified atom stereocenters. The Morgan fingerprint density at radius 2 is 1.72 bits per heavy atom. The number of nitrogens with zero attached hydrogens (tertiary/aromatic N) is 3. The average molecular weight is 469 g/mol. The first-order chi connectivity index (χ1) is 14.0. The van der Waals surface area contributed by atoms with Crippen molar-refractivity contribution in [3.63, 3.8) is 0 Å². The van der Waals surface area contributed by atoms with Crippen LogP contribution in [0.4, 0.5) is 5.82 Å². The summed E-state index contributed by atoms with van der Waals surface area (Å²) in [6.07, 6.45) is 0. The van der Waals surface area contributed by atoms with Gasteiger partial charge in [0.15, 0.2) is 0 Å². The number of rotatable bonds is 5. The highest BCUT2D eigenvalue weighted by Gasteiger charge is 2.16. The molecule has 2 heterocycles. The van der Waals surface area contributed by atoms with E-state index >= 15 is 0 Å². The van der Waals surface area contributed by atoms with Gasteiger partial charge < -0.3 is 10.1 Å². The van der Waals surface area contributed by atoms with Gasteiger partial charge in [-0.25, -0.2) is 4.98 Å². The number of anilines is 1. The van der Waals surface area contributed by atoms with Gasteiger partial charge in [0.25, 0.3) is 0 Å². The molecule has 4 aromatic rings. The highest BCUT2D eigenvalue weighted by atomic mass is 79.9. The van der Waals surface area contributed by atoms with Gasteiger partial charge in [0.2, 0.25) is 11.0 Å². The predicted molar refractivity (Wildman–Crippen MR) is 119 cm³/mol. The van der Waals surface area contributed by atoms with Gasteiger partial charge in [-0.05, 0) is 36.4 Å². The van der Waals surface area contributed by atoms with Crippen molar-refractivity contribution in [3.8, 4) is 33.4 Å². The summed E-state index contributed by atoms with van der Waals surface area (Å²) in [5, 5.41) is 10.2. The van der Waals surface area contributed by atoms with Crippen LogP contribution in [0.2, 0.25) is 0 Å². The third-order valence-electron chi connectivity index (χ3n) is 4.21. The van der Waals surface area contributed by atoms with Crippen molar-refractivity contribution in [2.45, 2.75) is 6.92 Å². The molecule has 0 saturated heterocycles. The molecule has 0 fully saturated rings. The number of carbonyl (C=O) groups excluding carboxylic acids is 1. The van der Waals surface area contributed by atoms with Crippen molar-refractivity contribution < 1.29 is 9.53 Å². The number of benzene rings is 2. The van der Waals surface area contributed by atoms with Gasteiger partial charge in [-0.2, -0.15) is 9.78 Å². The van der Waals surface area contributed by atoms with Crippen LogP contribution in [0.25, 0.3) is 27.6 Å². The van der Waals surface area contributed by atoms with Crippen LogP contribution in [0.15, 0.2) is 64.5 Å². The Morgan fingerprint density at radius 1 is 1.07 bits per heavy atom. The summed E-state index contributed by atoms with van der Waals surface area (Å²) in [5.74, 6) is 1.20. The van der Waals surface area contributed by atoms with Gasteiger partial charge in [0, 0.05) is 34.0 Å². The number of carbonyl (C=O) groups is 1. The van der Waals surface area contributed by atoms with Crippen LogP contribution < -0.4 is 10.1 Å². The minimum Gasteiger partial charge on any atom is -0.497 e. The second-order valence-electron chi connectivity index (χ2n) is 6.26. The Labute approximate surface area is 180 Å². The van der Waals surface area contributed by atoms with E-state index in [2.05, 4.69) is 26.3 Å². The van der Waals surface area contributed by atoms with E-state index < -0.39 is 0 Å². The predicted octanol–water partition coefficient (Wildman–Crippen LogP) is 5.39. The molecule has 0 bridgehead atoms. The van der Waals surface area contributed by atoms with Crippen molar-refractivity contribution in [1.29, 1.82) is 0 Å². The second-order valence-corrected chi connectivity index (χ2v) is 8.01. The summed E-state index contributed by atoms with van der Waals surface area (Å²) >= 11 is 4.90. The molecule has 0 aliphatic heterocycles. The number of amides is 1. The molecule has 29 heavy (non-hydrogen) atoms. The van der Waals surface area contributed by atoms with E-state index in [1.807, 2.05) is 60.0 Å². The van der Waals surface area contributed by atoms with Crippen LogP contribution in [0.1, 0.15) is 6.92 Å². The summed E-state index contributed by atoms with van der Waals surface area (Å²) < 4.78 is 7.86. The zero-order valence-electron chi connectivity index (χ0n) is 15.7. The van der Waals surface area contributed by atoms with E-state index in [0.29, 0.717) is 10.9 Å². The summed E-state index contributed by atoms with van der Waals surface area (Å²) in [5.41, 5.74) is 3.52. The lowest BCUT2D eigenvalue weighted by Gasteiger charge is -2.03. The molecule has 0 radical (unpaired) electrons. The third kappa shape index (κ3) is 4.23. The number of methoxy groups -OCH3 is 1. The lowest BCUT2D eigenvalue weighted by molar-refractivity contribution is -0.114. The van der Waals surface area contributed by atoms with Crippen molar-refractivity contribution in [1.82, 2.24) is 14.8 Å². The van der Waals surface area contributed by atoms with Crippen molar-refractivity contribution in [2.24, 2.45) is 0 Å². The highest BCUT2D eigenvalue weighted by molar-refractivity contribution is 9.10. The Morgan fingerprint density at radius 3 is 2.38 bits per heavy atom.